The van der Waals surface area contributed by atoms with Crippen molar-refractivity contribution in [3.05, 3.63) is 46.1 Å². The van der Waals surface area contributed by atoms with Crippen LogP contribution in [0.5, 0.6) is 0 Å². The molecule has 104 valence electrons. The van der Waals surface area contributed by atoms with Crippen LogP contribution in [0.4, 0.5) is 17.2 Å². The molecule has 0 radical (unpaired) electrons. The average molecular weight is 312 g/mol. The van der Waals surface area contributed by atoms with Gasteiger partial charge < -0.3 is 15.8 Å². The molecule has 0 saturated carbocycles. The van der Waals surface area contributed by atoms with Crippen molar-refractivity contribution >= 4 is 46.4 Å². The number of nitrogens with zero attached hydrogens (tertiary/aromatic N) is 1. The van der Waals surface area contributed by atoms with Gasteiger partial charge in [-0.2, -0.15) is 0 Å². The summed E-state index contributed by atoms with van der Waals surface area (Å²) in [5, 5.41) is 3.69. The van der Waals surface area contributed by atoms with Gasteiger partial charge >= 0.3 is 5.97 Å². The number of benzene rings is 1. The summed E-state index contributed by atoms with van der Waals surface area (Å²) in [7, 11) is 1.28. The van der Waals surface area contributed by atoms with Crippen molar-refractivity contribution in [3.8, 4) is 0 Å². The number of esters is 1. The molecule has 0 bridgehead atoms. The van der Waals surface area contributed by atoms with Gasteiger partial charge in [0.1, 0.15) is 0 Å². The molecule has 1 aromatic carbocycles. The normalized spacial score (nSPS) is 10.2. The van der Waals surface area contributed by atoms with Crippen LogP contribution >= 0.6 is 23.2 Å². The third kappa shape index (κ3) is 2.95. The van der Waals surface area contributed by atoms with Gasteiger partial charge in [-0.25, -0.2) is 9.78 Å². The van der Waals surface area contributed by atoms with Crippen molar-refractivity contribution in [2.45, 2.75) is 0 Å². The van der Waals surface area contributed by atoms with E-state index in [2.05, 4.69) is 15.0 Å². The molecule has 0 unspecified atom stereocenters. The van der Waals surface area contributed by atoms with Crippen LogP contribution in [0.1, 0.15) is 10.5 Å². The highest BCUT2D eigenvalue weighted by Gasteiger charge is 2.12. The van der Waals surface area contributed by atoms with E-state index in [4.69, 9.17) is 28.9 Å². The first-order valence-corrected chi connectivity index (χ1v) is 6.34. The molecule has 2 rings (SSSR count). The van der Waals surface area contributed by atoms with Gasteiger partial charge in [0.05, 0.1) is 28.5 Å². The predicted molar refractivity (Wildman–Crippen MR) is 79.7 cm³/mol. The Balaban J connectivity index is 2.38. The van der Waals surface area contributed by atoms with Crippen molar-refractivity contribution < 1.29 is 9.53 Å². The van der Waals surface area contributed by atoms with E-state index in [1.165, 1.54) is 13.2 Å². The second-order valence-electron chi connectivity index (χ2n) is 3.85. The number of carbonyl (C=O) groups is 1. The Bertz CT molecular complexity index is 662. The molecule has 1 heterocycles. The van der Waals surface area contributed by atoms with E-state index in [0.717, 1.165) is 0 Å². The smallest absolute Gasteiger partial charge is 0.356 e. The predicted octanol–water partition coefficient (Wildman–Crippen LogP) is 3.50. The summed E-state index contributed by atoms with van der Waals surface area (Å²) in [6, 6.07) is 8.15. The van der Waals surface area contributed by atoms with Crippen LogP contribution in [0.3, 0.4) is 0 Å². The van der Waals surface area contributed by atoms with E-state index in [1.54, 1.807) is 24.3 Å². The standard InChI is InChI=1S/C13H11Cl2N3O2/c1-20-13(19)10-6-5-8(16)12(18-10)17-9-4-2-3-7(14)11(9)15/h2-6H,16H2,1H3,(H,17,18). The highest BCUT2D eigenvalue weighted by atomic mass is 35.5. The SMILES string of the molecule is COC(=O)c1ccc(N)c(Nc2cccc(Cl)c2Cl)n1. The summed E-state index contributed by atoms with van der Waals surface area (Å²) in [6.07, 6.45) is 0. The van der Waals surface area contributed by atoms with Crippen LogP contribution < -0.4 is 11.1 Å². The summed E-state index contributed by atoms with van der Waals surface area (Å²) < 4.78 is 4.61. The van der Waals surface area contributed by atoms with Crippen molar-refractivity contribution in [1.82, 2.24) is 4.98 Å². The minimum atomic E-state index is -0.551. The number of carbonyl (C=O) groups excluding carboxylic acids is 1. The Kier molecular flexibility index (Phi) is 4.32. The van der Waals surface area contributed by atoms with Gasteiger partial charge in [-0.05, 0) is 24.3 Å². The molecule has 0 spiro atoms. The number of nitrogens with one attached hydrogen (secondary N) is 1. The van der Waals surface area contributed by atoms with E-state index >= 15 is 0 Å². The minimum Gasteiger partial charge on any atom is -0.464 e. The van der Waals surface area contributed by atoms with Gasteiger partial charge in [-0.15, -0.1) is 0 Å². The zero-order valence-electron chi connectivity index (χ0n) is 10.5. The Morgan fingerprint density at radius 2 is 2.05 bits per heavy atom. The highest BCUT2D eigenvalue weighted by molar-refractivity contribution is 6.43. The van der Waals surface area contributed by atoms with Crippen molar-refractivity contribution in [2.75, 3.05) is 18.2 Å². The monoisotopic (exact) mass is 311 g/mol. The summed E-state index contributed by atoms with van der Waals surface area (Å²) >= 11 is 12.0. The maximum absolute atomic E-state index is 11.4. The van der Waals surface area contributed by atoms with Gasteiger partial charge in [0.25, 0.3) is 0 Å². The first-order chi connectivity index (χ1) is 9.52. The molecule has 1 aromatic heterocycles. The molecular weight excluding hydrogens is 301 g/mol. The fraction of sp³-hybridized carbons (Fsp3) is 0.0769. The second kappa shape index (κ2) is 5.98. The lowest BCUT2D eigenvalue weighted by molar-refractivity contribution is 0.0594. The van der Waals surface area contributed by atoms with Gasteiger partial charge in [0.2, 0.25) is 0 Å². The minimum absolute atomic E-state index is 0.141. The molecule has 5 nitrogen and oxygen atoms in total. The molecule has 0 fully saturated rings. The Labute approximate surface area is 125 Å². The van der Waals surface area contributed by atoms with Crippen LogP contribution in [0.2, 0.25) is 10.0 Å². The molecule has 0 saturated heterocycles. The summed E-state index contributed by atoms with van der Waals surface area (Å²) in [6.45, 7) is 0. The van der Waals surface area contributed by atoms with Crippen LogP contribution in [-0.4, -0.2) is 18.1 Å². The first-order valence-electron chi connectivity index (χ1n) is 5.59. The molecule has 7 heteroatoms. The third-order valence-corrected chi connectivity index (χ3v) is 3.34. The van der Waals surface area contributed by atoms with E-state index in [0.29, 0.717) is 27.2 Å². The van der Waals surface area contributed by atoms with Gasteiger partial charge in [-0.1, -0.05) is 29.3 Å². The second-order valence-corrected chi connectivity index (χ2v) is 4.64. The quantitative estimate of drug-likeness (QED) is 0.848. The third-order valence-electron chi connectivity index (χ3n) is 2.53. The maximum Gasteiger partial charge on any atom is 0.356 e. The number of hydrogen-bond donors (Lipinski definition) is 2. The van der Waals surface area contributed by atoms with E-state index in [1.807, 2.05) is 0 Å². The number of nitrogen functional groups attached to an aromatic ring is 1. The number of hydrogen-bond acceptors (Lipinski definition) is 5. The Hall–Kier alpha value is -1.98. The molecular formula is C13H11Cl2N3O2. The number of pyridine rings is 1. The summed E-state index contributed by atoms with van der Waals surface area (Å²) in [5.41, 5.74) is 6.87. The number of anilines is 3. The highest BCUT2D eigenvalue weighted by Crippen LogP contribution is 2.32. The number of methoxy groups -OCH3 is 1. The lowest BCUT2D eigenvalue weighted by Crippen LogP contribution is -2.08. The van der Waals surface area contributed by atoms with Crippen LogP contribution in [-0.2, 0) is 4.74 Å². The van der Waals surface area contributed by atoms with E-state index < -0.39 is 5.97 Å². The number of ether oxygens (including phenoxy) is 1. The van der Waals surface area contributed by atoms with Crippen LogP contribution in [0.15, 0.2) is 30.3 Å². The van der Waals surface area contributed by atoms with Crippen molar-refractivity contribution in [3.63, 3.8) is 0 Å². The molecule has 0 atom stereocenters. The number of nitrogens with two attached hydrogens (primary N) is 1. The summed E-state index contributed by atoms with van der Waals surface area (Å²) in [5.74, 6) is -0.248. The molecule has 0 amide bonds. The molecule has 2 aromatic rings. The van der Waals surface area contributed by atoms with E-state index in [9.17, 15) is 4.79 Å². The molecule has 0 aliphatic carbocycles. The number of halogens is 2. The molecule has 3 N–H and O–H groups in total. The zero-order valence-corrected chi connectivity index (χ0v) is 12.0. The van der Waals surface area contributed by atoms with Crippen molar-refractivity contribution in [2.24, 2.45) is 0 Å². The Morgan fingerprint density at radius 3 is 2.75 bits per heavy atom. The van der Waals surface area contributed by atoms with Gasteiger partial charge in [0.15, 0.2) is 11.5 Å². The molecule has 0 aliphatic heterocycles. The average Bonchev–Trinajstić information content (AvgIpc) is 2.45. The van der Waals surface area contributed by atoms with Crippen molar-refractivity contribution in [1.29, 1.82) is 0 Å². The fourth-order valence-electron chi connectivity index (χ4n) is 1.52. The van der Waals surface area contributed by atoms with Crippen LogP contribution in [0, 0.1) is 0 Å². The largest absolute Gasteiger partial charge is 0.464 e. The van der Waals surface area contributed by atoms with Crippen LogP contribution in [0.25, 0.3) is 0 Å². The van der Waals surface area contributed by atoms with Gasteiger partial charge in [-0.3, -0.25) is 0 Å². The first kappa shape index (κ1) is 14.4. The summed E-state index contributed by atoms with van der Waals surface area (Å²) in [4.78, 5) is 15.5. The maximum atomic E-state index is 11.4. The Morgan fingerprint density at radius 1 is 1.30 bits per heavy atom. The topological polar surface area (TPSA) is 77.2 Å². The number of aromatic nitrogens is 1. The molecule has 0 aliphatic rings. The van der Waals surface area contributed by atoms with E-state index in [-0.39, 0.29) is 5.69 Å². The van der Waals surface area contributed by atoms with Gasteiger partial charge in [0, 0.05) is 0 Å². The lowest BCUT2D eigenvalue weighted by Gasteiger charge is -2.11. The molecule has 20 heavy (non-hydrogen) atoms. The number of rotatable bonds is 3. The lowest BCUT2D eigenvalue weighted by atomic mass is 10.3. The zero-order chi connectivity index (χ0) is 14.7. The fourth-order valence-corrected chi connectivity index (χ4v) is 1.86.